The van der Waals surface area contributed by atoms with Gasteiger partial charge in [0, 0.05) is 25.0 Å². The van der Waals surface area contributed by atoms with E-state index in [1.165, 1.54) is 26.0 Å². The Balaban J connectivity index is 2.43. The number of carbonyl (C=O) groups excluding carboxylic acids is 2. The summed E-state index contributed by atoms with van der Waals surface area (Å²) in [5, 5.41) is 0. The summed E-state index contributed by atoms with van der Waals surface area (Å²) in [5.41, 5.74) is 0.0672. The Labute approximate surface area is 115 Å². The third-order valence-corrected chi connectivity index (χ3v) is 2.58. The van der Waals surface area contributed by atoms with Gasteiger partial charge in [0.2, 0.25) is 0 Å². The van der Waals surface area contributed by atoms with Gasteiger partial charge in [0.1, 0.15) is 11.4 Å². The van der Waals surface area contributed by atoms with Crippen LogP contribution >= 0.6 is 0 Å². The molecular weight excluding hydrogens is 263 g/mol. The van der Waals surface area contributed by atoms with Crippen molar-refractivity contribution in [1.29, 1.82) is 0 Å². The van der Waals surface area contributed by atoms with E-state index in [0.717, 1.165) is 12.1 Å². The average Bonchev–Trinajstić information content (AvgIpc) is 2.34. The average molecular weight is 274 g/mol. The molecule has 0 saturated carbocycles. The molecule has 1 aliphatic heterocycles. The minimum Gasteiger partial charge on any atom is -0.419 e. The molecule has 0 radical (unpaired) electrons. The summed E-state index contributed by atoms with van der Waals surface area (Å²) in [4.78, 5) is 23.5. The van der Waals surface area contributed by atoms with Gasteiger partial charge in [-0.15, -0.1) is 6.42 Å². The first-order chi connectivity index (χ1) is 9.32. The molecule has 0 aromatic heterocycles. The van der Waals surface area contributed by atoms with Crippen molar-refractivity contribution in [2.75, 3.05) is 0 Å². The van der Waals surface area contributed by atoms with E-state index < -0.39 is 23.5 Å². The quantitative estimate of drug-likeness (QED) is 0.340. The Hall–Kier alpha value is -2.61. The Kier molecular flexibility index (Phi) is 3.33. The standard InChI is InChI=1S/C15H11FO4/c1-4-9-5-6-12(16)10(7-9)8-11-13(17)19-15(2,3)20-14(11)18/h1,5-8H,2-3H3. The zero-order valence-electron chi connectivity index (χ0n) is 10.9. The highest BCUT2D eigenvalue weighted by atomic mass is 19.1. The zero-order chi connectivity index (χ0) is 14.9. The number of benzene rings is 1. The molecule has 0 spiro atoms. The Bertz CT molecular complexity index is 643. The van der Waals surface area contributed by atoms with Crippen LogP contribution < -0.4 is 0 Å². The topological polar surface area (TPSA) is 52.6 Å². The number of hydrogen-bond acceptors (Lipinski definition) is 4. The third-order valence-electron chi connectivity index (χ3n) is 2.58. The van der Waals surface area contributed by atoms with Gasteiger partial charge in [0.05, 0.1) is 0 Å². The molecule has 1 aromatic rings. The minimum atomic E-state index is -1.33. The van der Waals surface area contributed by atoms with Crippen LogP contribution in [0.1, 0.15) is 25.0 Å². The van der Waals surface area contributed by atoms with Gasteiger partial charge in [-0.1, -0.05) is 5.92 Å². The first-order valence-electron chi connectivity index (χ1n) is 5.77. The highest BCUT2D eigenvalue weighted by molar-refractivity contribution is 6.18. The van der Waals surface area contributed by atoms with Crippen LogP contribution in [0.2, 0.25) is 0 Å². The van der Waals surface area contributed by atoms with E-state index in [1.54, 1.807) is 0 Å². The van der Waals surface area contributed by atoms with E-state index in [2.05, 4.69) is 5.92 Å². The smallest absolute Gasteiger partial charge is 0.348 e. The highest BCUT2D eigenvalue weighted by Gasteiger charge is 2.38. The van der Waals surface area contributed by atoms with Crippen LogP contribution in [0.4, 0.5) is 4.39 Å². The predicted octanol–water partition coefficient (Wildman–Crippen LogP) is 2.03. The first-order valence-corrected chi connectivity index (χ1v) is 5.77. The molecule has 0 atom stereocenters. The summed E-state index contributed by atoms with van der Waals surface area (Å²) in [7, 11) is 0. The van der Waals surface area contributed by atoms with E-state index in [4.69, 9.17) is 15.9 Å². The number of carbonyl (C=O) groups is 2. The van der Waals surface area contributed by atoms with Crippen LogP contribution in [-0.4, -0.2) is 17.7 Å². The number of cyclic esters (lactones) is 2. The van der Waals surface area contributed by atoms with Crippen molar-refractivity contribution in [3.8, 4) is 12.3 Å². The molecule has 0 N–H and O–H groups in total. The van der Waals surface area contributed by atoms with E-state index in [1.807, 2.05) is 0 Å². The van der Waals surface area contributed by atoms with Crippen molar-refractivity contribution in [1.82, 2.24) is 0 Å². The van der Waals surface area contributed by atoms with Gasteiger partial charge >= 0.3 is 11.9 Å². The van der Waals surface area contributed by atoms with E-state index in [-0.39, 0.29) is 11.1 Å². The predicted molar refractivity (Wildman–Crippen MR) is 68.6 cm³/mol. The molecule has 1 saturated heterocycles. The summed E-state index contributed by atoms with van der Waals surface area (Å²) in [6.07, 6.45) is 6.28. The highest BCUT2D eigenvalue weighted by Crippen LogP contribution is 2.25. The fourth-order valence-corrected chi connectivity index (χ4v) is 1.68. The monoisotopic (exact) mass is 274 g/mol. The summed E-state index contributed by atoms with van der Waals surface area (Å²) in [6, 6.07) is 3.92. The lowest BCUT2D eigenvalue weighted by atomic mass is 10.1. The normalized spacial score (nSPS) is 17.0. The van der Waals surface area contributed by atoms with Crippen LogP contribution in [0, 0.1) is 18.2 Å². The van der Waals surface area contributed by atoms with Crippen molar-refractivity contribution in [3.63, 3.8) is 0 Å². The number of hydrogen-bond donors (Lipinski definition) is 0. The molecule has 1 aliphatic rings. The minimum absolute atomic E-state index is 0.0176. The summed E-state index contributed by atoms with van der Waals surface area (Å²) < 4.78 is 23.5. The van der Waals surface area contributed by atoms with Crippen LogP contribution in [0.15, 0.2) is 23.8 Å². The number of halogens is 1. The molecule has 1 fully saturated rings. The molecule has 4 nitrogen and oxygen atoms in total. The van der Waals surface area contributed by atoms with Gasteiger partial charge in [-0.25, -0.2) is 14.0 Å². The van der Waals surface area contributed by atoms with Gasteiger partial charge < -0.3 is 9.47 Å². The molecule has 102 valence electrons. The summed E-state index contributed by atoms with van der Waals surface area (Å²) in [5.74, 6) is -1.33. The zero-order valence-corrected chi connectivity index (χ0v) is 10.9. The maximum atomic E-state index is 13.6. The van der Waals surface area contributed by atoms with E-state index in [0.29, 0.717) is 5.56 Å². The van der Waals surface area contributed by atoms with Crippen LogP contribution in [0.5, 0.6) is 0 Å². The fourth-order valence-electron chi connectivity index (χ4n) is 1.68. The van der Waals surface area contributed by atoms with Crippen LogP contribution in [0.25, 0.3) is 6.08 Å². The lowest BCUT2D eigenvalue weighted by molar-refractivity contribution is -0.222. The molecule has 0 aliphatic carbocycles. The molecule has 0 bridgehead atoms. The molecular formula is C15H11FO4. The van der Waals surface area contributed by atoms with Crippen LogP contribution in [-0.2, 0) is 19.1 Å². The maximum Gasteiger partial charge on any atom is 0.348 e. The van der Waals surface area contributed by atoms with Crippen molar-refractivity contribution in [2.45, 2.75) is 19.6 Å². The molecule has 1 heterocycles. The van der Waals surface area contributed by atoms with E-state index in [9.17, 15) is 14.0 Å². The molecule has 0 unspecified atom stereocenters. The Morgan fingerprint density at radius 1 is 1.25 bits per heavy atom. The van der Waals surface area contributed by atoms with Gasteiger partial charge in [0.25, 0.3) is 5.79 Å². The lowest BCUT2D eigenvalue weighted by Gasteiger charge is -2.29. The van der Waals surface area contributed by atoms with Gasteiger partial charge in [-0.05, 0) is 24.3 Å². The second-order valence-electron chi connectivity index (χ2n) is 4.62. The molecule has 5 heteroatoms. The Morgan fingerprint density at radius 2 is 1.85 bits per heavy atom. The Morgan fingerprint density at radius 3 is 2.40 bits per heavy atom. The van der Waals surface area contributed by atoms with Crippen molar-refractivity contribution >= 4 is 18.0 Å². The SMILES string of the molecule is C#Cc1ccc(F)c(C=C2C(=O)OC(C)(C)OC2=O)c1. The second kappa shape index (κ2) is 4.82. The number of rotatable bonds is 1. The largest absolute Gasteiger partial charge is 0.419 e. The molecule has 1 aromatic carbocycles. The number of terminal acetylenes is 1. The maximum absolute atomic E-state index is 13.6. The van der Waals surface area contributed by atoms with Crippen LogP contribution in [0.3, 0.4) is 0 Å². The fraction of sp³-hybridized carbons (Fsp3) is 0.200. The third kappa shape index (κ3) is 2.69. The van der Waals surface area contributed by atoms with Crippen molar-refractivity contribution in [2.24, 2.45) is 0 Å². The van der Waals surface area contributed by atoms with Gasteiger partial charge in [0.15, 0.2) is 0 Å². The first kappa shape index (κ1) is 13.8. The second-order valence-corrected chi connectivity index (χ2v) is 4.62. The number of esters is 2. The molecule has 20 heavy (non-hydrogen) atoms. The summed E-state index contributed by atoms with van der Waals surface area (Å²) >= 11 is 0. The summed E-state index contributed by atoms with van der Waals surface area (Å²) in [6.45, 7) is 2.86. The van der Waals surface area contributed by atoms with Gasteiger partial charge in [-0.2, -0.15) is 0 Å². The molecule has 2 rings (SSSR count). The number of ether oxygens (including phenoxy) is 2. The van der Waals surface area contributed by atoms with Gasteiger partial charge in [-0.3, -0.25) is 0 Å². The van der Waals surface area contributed by atoms with E-state index >= 15 is 0 Å². The van der Waals surface area contributed by atoms with Crippen molar-refractivity contribution < 1.29 is 23.5 Å². The lowest BCUT2D eigenvalue weighted by Crippen LogP contribution is -2.41. The molecule has 0 amide bonds. The van der Waals surface area contributed by atoms with Crippen molar-refractivity contribution in [3.05, 3.63) is 40.7 Å².